The van der Waals surface area contributed by atoms with Gasteiger partial charge in [-0.1, -0.05) is 48.5 Å². The molecular formula is C66H86O24. The lowest BCUT2D eigenvalue weighted by Crippen LogP contribution is -2.58. The number of ketones is 2. The van der Waals surface area contributed by atoms with Gasteiger partial charge in [0.05, 0.1) is 77.6 Å². The smallest absolute Gasteiger partial charge is 0.202 e. The van der Waals surface area contributed by atoms with Gasteiger partial charge in [-0.25, -0.2) is 0 Å². The lowest BCUT2D eigenvalue weighted by atomic mass is 9.75. The molecule has 24 heteroatoms. The van der Waals surface area contributed by atoms with Crippen LogP contribution in [0.3, 0.4) is 0 Å². The van der Waals surface area contributed by atoms with E-state index in [1.54, 1.807) is 27.7 Å². The maximum atomic E-state index is 15.0. The van der Waals surface area contributed by atoms with Gasteiger partial charge in [-0.05, 0) is 119 Å². The largest absolute Gasteiger partial charge is 0.507 e. The van der Waals surface area contributed by atoms with E-state index in [9.17, 15) is 61.0 Å². The summed E-state index contributed by atoms with van der Waals surface area (Å²) >= 11 is 0. The van der Waals surface area contributed by atoms with Gasteiger partial charge in [0.25, 0.3) is 0 Å². The zero-order valence-electron chi connectivity index (χ0n) is 51.8. The highest BCUT2D eigenvalue weighted by Gasteiger charge is 2.52. The Balaban J connectivity index is 0.000000553. The van der Waals surface area contributed by atoms with Gasteiger partial charge in [-0.2, -0.15) is 0 Å². The maximum Gasteiger partial charge on any atom is 0.202 e. The summed E-state index contributed by atoms with van der Waals surface area (Å²) in [6, 6.07) is 24.5. The van der Waals surface area contributed by atoms with Crippen molar-refractivity contribution >= 4 is 43.9 Å². The summed E-state index contributed by atoms with van der Waals surface area (Å²) in [4.78, 5) is 28.9. The minimum atomic E-state index is -1.95. The summed E-state index contributed by atoms with van der Waals surface area (Å²) in [5, 5.41) is 125. The molecule has 24 nitrogen and oxygen atoms in total. The number of Topliss-reactive ketones (excluding diaryl/α,β-unsaturated/α-hetero) is 2. The topological polar surface area (TPSA) is 358 Å². The van der Waals surface area contributed by atoms with Crippen LogP contribution in [-0.2, 0) is 58.6 Å². The van der Waals surface area contributed by atoms with E-state index in [0.29, 0.717) is 0 Å². The monoisotopic (exact) mass is 1260 g/mol. The fraction of sp³-hybridized carbons (Fsp3) is 0.606. The fourth-order valence-corrected chi connectivity index (χ4v) is 13.2. The van der Waals surface area contributed by atoms with Crippen LogP contribution in [-0.4, -0.2) is 222 Å². The maximum absolute atomic E-state index is 15.0. The number of rotatable bonds is 15. The van der Waals surface area contributed by atoms with Crippen LogP contribution in [0.5, 0.6) is 17.2 Å². The van der Waals surface area contributed by atoms with E-state index in [1.165, 1.54) is 68.5 Å². The highest BCUT2D eigenvalue weighted by Crippen LogP contribution is 2.48. The Labute approximate surface area is 520 Å². The SMILES string of the molecule is CO[C@H](C(=O)[C@@H](O)[C@@H](C)O)[C@@H]1Cc2cc3cc(O[C@H]4C[C@@H](O[C@H]5C[C@@H](O)[C@H](O)[C@@H](C)O5)[C@H](O)[C@@H](C)O4)c(C)c(O)c3c(O)c2C(=O)[C@H]1O[C@H]1C[C@@H](O[C@H]2C[C@@H](O[C@H]3C[C@](C)(O)[C@H](O)[C@@H](C)O3)[C@@H](O)[C@@H](C)O2)[C@H](O)[C@@H](C)O1.c1ccc2cc3ccccc3cc2c1. The minimum absolute atomic E-state index is 0.0365. The summed E-state index contributed by atoms with van der Waals surface area (Å²) < 4.78 is 66.5. The van der Waals surface area contributed by atoms with E-state index < -0.39 is 176 Å². The Hall–Kier alpha value is -5.14. The number of phenolic OH excluding ortho intramolecular Hbond substituents is 2. The van der Waals surface area contributed by atoms with Gasteiger partial charge < -0.3 is 108 Å². The summed E-state index contributed by atoms with van der Waals surface area (Å²) in [5.74, 6) is -4.07. The van der Waals surface area contributed by atoms with Crippen LogP contribution in [0.15, 0.2) is 72.8 Å². The van der Waals surface area contributed by atoms with Crippen molar-refractivity contribution in [3.8, 4) is 17.2 Å². The van der Waals surface area contributed by atoms with E-state index in [-0.39, 0.29) is 71.7 Å². The zero-order valence-corrected chi connectivity index (χ0v) is 51.8. The Morgan fingerprint density at radius 3 is 1.54 bits per heavy atom. The summed E-state index contributed by atoms with van der Waals surface area (Å²) in [5.41, 5.74) is -1.47. The van der Waals surface area contributed by atoms with Crippen LogP contribution in [0.2, 0.25) is 0 Å². The van der Waals surface area contributed by atoms with Crippen molar-refractivity contribution in [2.45, 2.75) is 241 Å². The van der Waals surface area contributed by atoms with Crippen molar-refractivity contribution in [3.05, 3.63) is 89.5 Å². The number of benzene rings is 5. The van der Waals surface area contributed by atoms with Gasteiger partial charge >= 0.3 is 0 Å². The Kier molecular flexibility index (Phi) is 20.9. The molecule has 5 aromatic carbocycles. The number of hydrogen-bond donors (Lipinski definition) is 11. The van der Waals surface area contributed by atoms with Gasteiger partial charge in [0.15, 0.2) is 36.7 Å². The average molecular weight is 1260 g/mol. The molecule has 494 valence electrons. The first-order valence-electron chi connectivity index (χ1n) is 30.8. The van der Waals surface area contributed by atoms with E-state index in [1.807, 2.05) is 0 Å². The number of hydrogen-bond acceptors (Lipinski definition) is 24. The molecule has 5 fully saturated rings. The Morgan fingerprint density at radius 1 is 0.600 bits per heavy atom. The molecule has 0 aromatic heterocycles. The van der Waals surface area contributed by atoms with E-state index in [4.69, 9.17) is 52.1 Å². The summed E-state index contributed by atoms with van der Waals surface area (Å²) in [7, 11) is 1.18. The van der Waals surface area contributed by atoms with Crippen molar-refractivity contribution in [2.75, 3.05) is 7.11 Å². The van der Waals surface area contributed by atoms with Crippen LogP contribution in [0.25, 0.3) is 32.3 Å². The molecule has 6 aliphatic rings. The molecule has 5 aliphatic heterocycles. The second-order valence-electron chi connectivity index (χ2n) is 25.3. The number of fused-ring (bicyclic) bond motifs is 4. The van der Waals surface area contributed by atoms with Gasteiger partial charge in [-0.15, -0.1) is 0 Å². The van der Waals surface area contributed by atoms with Crippen LogP contribution in [0, 0.1) is 12.8 Å². The second kappa shape index (κ2) is 27.8. The molecule has 90 heavy (non-hydrogen) atoms. The first-order chi connectivity index (χ1) is 42.6. The third kappa shape index (κ3) is 14.2. The van der Waals surface area contributed by atoms with Gasteiger partial charge in [0.2, 0.25) is 6.29 Å². The molecule has 5 heterocycles. The second-order valence-corrected chi connectivity index (χ2v) is 25.3. The van der Waals surface area contributed by atoms with Crippen molar-refractivity contribution in [1.82, 2.24) is 0 Å². The normalized spacial score (nSPS) is 37.6. The summed E-state index contributed by atoms with van der Waals surface area (Å²) in [6.07, 6.45) is -27.0. The number of aromatic hydroxyl groups is 2. The predicted molar refractivity (Wildman–Crippen MR) is 320 cm³/mol. The summed E-state index contributed by atoms with van der Waals surface area (Å²) in [6.45, 7) is 12.1. The molecule has 1 aliphatic carbocycles. The molecule has 0 unspecified atom stereocenters. The van der Waals surface area contributed by atoms with E-state index in [0.717, 1.165) is 0 Å². The number of carbonyl (C=O) groups is 2. The Morgan fingerprint density at radius 2 is 1.06 bits per heavy atom. The number of aliphatic hydroxyl groups excluding tert-OH is 8. The minimum Gasteiger partial charge on any atom is -0.507 e. The van der Waals surface area contributed by atoms with Gasteiger partial charge in [-0.3, -0.25) is 9.59 Å². The van der Waals surface area contributed by atoms with Crippen molar-refractivity contribution in [3.63, 3.8) is 0 Å². The highest BCUT2D eigenvalue weighted by molar-refractivity contribution is 6.11. The molecule has 0 amide bonds. The number of phenols is 2. The van der Waals surface area contributed by atoms with Crippen LogP contribution in [0.1, 0.15) is 102 Å². The van der Waals surface area contributed by atoms with Crippen molar-refractivity contribution in [2.24, 2.45) is 5.92 Å². The number of carbonyl (C=O) groups excluding carboxylic acids is 2. The van der Waals surface area contributed by atoms with Crippen molar-refractivity contribution < 1.29 is 118 Å². The average Bonchev–Trinajstić information content (AvgIpc) is 0.737. The van der Waals surface area contributed by atoms with E-state index in [2.05, 4.69) is 60.7 Å². The standard InChI is InChI=1S/C52H76O24.C14H10/c1-18-29(72-34-14-30(43(58)21(4)68-34)73-33-13-28(54)42(57)20(3)67-33)12-26-10-25-11-27(49(66-9)48(63)41(56)19(2)53)50(47(62)39(25)46(61)38(26)40(18)55)76-36-16-31(44(59)23(6)70-36)74-35-15-32(45(60)22(5)69-35)75-37-17-52(8,65)51(64)24(7)71-37;1-2-6-12-10-14-8-4-3-7-13(14)9-11(12)5-1/h10,12,19-24,27-28,30-37,41-45,49-51,53-61,64-65H,11,13-17H2,1-9H3;1-10H/t19-,20-,21-,22-,23-,24-,27+,28-,30-,31-,32-,33+,34+,35+,36+,37+,41+,42-,43-,44-,45+,49+,50+,51-,52+;/m1./s1. The first-order valence-corrected chi connectivity index (χ1v) is 30.8. The lowest BCUT2D eigenvalue weighted by Gasteiger charge is -2.46. The molecule has 0 spiro atoms. The molecule has 0 radical (unpaired) electrons. The van der Waals surface area contributed by atoms with Crippen molar-refractivity contribution in [1.29, 1.82) is 0 Å². The van der Waals surface area contributed by atoms with Crippen LogP contribution in [0.4, 0.5) is 0 Å². The number of ether oxygens (including phenoxy) is 11. The molecule has 11 rings (SSSR count). The predicted octanol–water partition coefficient (Wildman–Crippen LogP) is 3.74. The molecule has 0 bridgehead atoms. The quantitative estimate of drug-likeness (QED) is 0.0665. The van der Waals surface area contributed by atoms with Crippen LogP contribution >= 0.6 is 0 Å². The zero-order chi connectivity index (χ0) is 64.9. The van der Waals surface area contributed by atoms with Gasteiger partial charge in [0, 0.05) is 50.7 Å². The number of aliphatic hydroxyl groups is 9. The molecule has 0 saturated carbocycles. The van der Waals surface area contributed by atoms with Gasteiger partial charge in [0.1, 0.15) is 66.1 Å². The molecule has 11 N–H and O–H groups in total. The van der Waals surface area contributed by atoms with Crippen LogP contribution < -0.4 is 4.74 Å². The highest BCUT2D eigenvalue weighted by atomic mass is 16.7. The first kappa shape index (κ1) is 67.7. The lowest BCUT2D eigenvalue weighted by molar-refractivity contribution is -0.334. The number of methoxy groups -OCH3 is 1. The fourth-order valence-electron chi connectivity index (χ4n) is 13.2. The molecular weight excluding hydrogens is 1180 g/mol. The Bertz CT molecular complexity index is 3210. The third-order valence-corrected chi connectivity index (χ3v) is 18.5. The molecule has 5 aromatic rings. The molecule has 25 atom stereocenters. The molecule has 5 saturated heterocycles. The van der Waals surface area contributed by atoms with E-state index >= 15 is 4.79 Å². The third-order valence-electron chi connectivity index (χ3n) is 18.5.